The Morgan fingerprint density at radius 3 is 2.47 bits per heavy atom. The number of ether oxygens (including phenoxy) is 2. The molecule has 0 aliphatic rings. The minimum atomic E-state index is -0.237. The first-order chi connectivity index (χ1) is 7.10. The van der Waals surface area contributed by atoms with E-state index < -0.39 is 0 Å². The number of rotatable bonds is 4. The van der Waals surface area contributed by atoms with Gasteiger partial charge in [-0.2, -0.15) is 0 Å². The molecule has 3 nitrogen and oxygen atoms in total. The SMILES string of the molecule is COc1ccc(OC)c(C(=O)[C@H](C)Br)c1. The van der Waals surface area contributed by atoms with Crippen LogP contribution >= 0.6 is 15.9 Å². The van der Waals surface area contributed by atoms with Crippen molar-refractivity contribution < 1.29 is 14.3 Å². The summed E-state index contributed by atoms with van der Waals surface area (Å²) in [6, 6.07) is 5.16. The van der Waals surface area contributed by atoms with Gasteiger partial charge in [-0.15, -0.1) is 0 Å². The number of methoxy groups -OCH3 is 2. The third kappa shape index (κ3) is 2.72. The van der Waals surface area contributed by atoms with E-state index >= 15 is 0 Å². The first-order valence-electron chi connectivity index (χ1n) is 4.50. The second-order valence-electron chi connectivity index (χ2n) is 3.05. The molecule has 1 aromatic rings. The quantitative estimate of drug-likeness (QED) is 0.625. The molecule has 1 aromatic carbocycles. The second kappa shape index (κ2) is 5.16. The predicted octanol–water partition coefficient (Wildman–Crippen LogP) is 2.67. The first-order valence-corrected chi connectivity index (χ1v) is 5.42. The van der Waals surface area contributed by atoms with Crippen molar-refractivity contribution in [2.75, 3.05) is 14.2 Å². The average molecular weight is 273 g/mol. The van der Waals surface area contributed by atoms with Crippen LogP contribution in [0.2, 0.25) is 0 Å². The fourth-order valence-electron chi connectivity index (χ4n) is 1.22. The van der Waals surface area contributed by atoms with Crippen molar-refractivity contribution in [3.63, 3.8) is 0 Å². The lowest BCUT2D eigenvalue weighted by molar-refractivity contribution is 0.0992. The molecule has 0 amide bonds. The molecule has 0 aliphatic carbocycles. The molecular formula is C11H13BrO3. The number of carbonyl (C=O) groups is 1. The van der Waals surface area contributed by atoms with Gasteiger partial charge < -0.3 is 9.47 Å². The lowest BCUT2D eigenvalue weighted by atomic mass is 10.1. The van der Waals surface area contributed by atoms with Gasteiger partial charge in [0.2, 0.25) is 0 Å². The summed E-state index contributed by atoms with van der Waals surface area (Å²) in [5.41, 5.74) is 0.529. The molecular weight excluding hydrogens is 260 g/mol. The summed E-state index contributed by atoms with van der Waals surface area (Å²) in [5.74, 6) is 1.19. The largest absolute Gasteiger partial charge is 0.497 e. The molecule has 1 rings (SSSR count). The van der Waals surface area contributed by atoms with Crippen LogP contribution in [0.1, 0.15) is 17.3 Å². The highest BCUT2D eigenvalue weighted by Gasteiger charge is 2.17. The average Bonchev–Trinajstić information content (AvgIpc) is 2.27. The fourth-order valence-corrected chi connectivity index (χ4v) is 1.47. The summed E-state index contributed by atoms with van der Waals surface area (Å²) in [6.45, 7) is 1.78. The third-order valence-electron chi connectivity index (χ3n) is 2.03. The van der Waals surface area contributed by atoms with Crippen LogP contribution in [0.15, 0.2) is 18.2 Å². The molecule has 0 aromatic heterocycles. The van der Waals surface area contributed by atoms with E-state index in [0.29, 0.717) is 17.1 Å². The molecule has 0 saturated carbocycles. The minimum Gasteiger partial charge on any atom is -0.497 e. The van der Waals surface area contributed by atoms with Crippen LogP contribution in [-0.2, 0) is 0 Å². The van der Waals surface area contributed by atoms with E-state index in [2.05, 4.69) is 15.9 Å². The third-order valence-corrected chi connectivity index (χ3v) is 2.45. The van der Waals surface area contributed by atoms with Crippen LogP contribution < -0.4 is 9.47 Å². The minimum absolute atomic E-state index is 0.0225. The Morgan fingerprint density at radius 1 is 1.33 bits per heavy atom. The molecule has 15 heavy (non-hydrogen) atoms. The van der Waals surface area contributed by atoms with E-state index in [4.69, 9.17) is 9.47 Å². The number of alkyl halides is 1. The zero-order valence-electron chi connectivity index (χ0n) is 8.91. The first kappa shape index (κ1) is 12.0. The molecule has 0 saturated heterocycles. The van der Waals surface area contributed by atoms with E-state index in [1.165, 1.54) is 7.11 Å². The van der Waals surface area contributed by atoms with Crippen molar-refractivity contribution in [2.45, 2.75) is 11.8 Å². The van der Waals surface area contributed by atoms with Crippen molar-refractivity contribution in [1.29, 1.82) is 0 Å². The Morgan fingerprint density at radius 2 is 2.00 bits per heavy atom. The number of carbonyl (C=O) groups excluding carboxylic acids is 1. The maximum Gasteiger partial charge on any atom is 0.180 e. The highest BCUT2D eigenvalue weighted by atomic mass is 79.9. The van der Waals surface area contributed by atoms with Gasteiger partial charge in [0.1, 0.15) is 11.5 Å². The molecule has 0 N–H and O–H groups in total. The molecule has 82 valence electrons. The molecule has 0 fully saturated rings. The maximum atomic E-state index is 11.8. The van der Waals surface area contributed by atoms with Gasteiger partial charge in [0, 0.05) is 0 Å². The highest BCUT2D eigenvalue weighted by molar-refractivity contribution is 9.10. The molecule has 0 radical (unpaired) electrons. The maximum absolute atomic E-state index is 11.8. The second-order valence-corrected chi connectivity index (χ2v) is 4.42. The highest BCUT2D eigenvalue weighted by Crippen LogP contribution is 2.26. The van der Waals surface area contributed by atoms with E-state index in [-0.39, 0.29) is 10.6 Å². The normalized spacial score (nSPS) is 12.0. The number of Topliss-reactive ketones (excluding diaryl/α,β-unsaturated/α-hetero) is 1. The molecule has 0 heterocycles. The van der Waals surface area contributed by atoms with Gasteiger partial charge in [-0.3, -0.25) is 4.79 Å². The Labute approximate surface area is 97.5 Å². The number of halogens is 1. The Hall–Kier alpha value is -1.03. The number of benzene rings is 1. The topological polar surface area (TPSA) is 35.5 Å². The fraction of sp³-hybridized carbons (Fsp3) is 0.364. The summed E-state index contributed by atoms with van der Waals surface area (Å²) in [6.07, 6.45) is 0. The summed E-state index contributed by atoms with van der Waals surface area (Å²) in [4.78, 5) is 11.6. The van der Waals surface area contributed by atoms with Crippen LogP contribution in [0.4, 0.5) is 0 Å². The van der Waals surface area contributed by atoms with Crippen LogP contribution in [0.25, 0.3) is 0 Å². The van der Waals surface area contributed by atoms with E-state index in [0.717, 1.165) is 0 Å². The van der Waals surface area contributed by atoms with Crippen molar-refractivity contribution >= 4 is 21.7 Å². The summed E-state index contributed by atoms with van der Waals surface area (Å²) >= 11 is 3.24. The molecule has 0 aliphatic heterocycles. The number of hydrogen-bond acceptors (Lipinski definition) is 3. The van der Waals surface area contributed by atoms with Crippen LogP contribution in [0, 0.1) is 0 Å². The molecule has 0 unspecified atom stereocenters. The van der Waals surface area contributed by atoms with E-state index in [1.807, 2.05) is 0 Å². The van der Waals surface area contributed by atoms with Crippen LogP contribution in [-0.4, -0.2) is 24.8 Å². The molecule has 0 bridgehead atoms. The standard InChI is InChI=1S/C11H13BrO3/c1-7(12)11(13)9-6-8(14-2)4-5-10(9)15-3/h4-7H,1-3H3/t7-/m0/s1. The van der Waals surface area contributed by atoms with E-state index in [9.17, 15) is 4.79 Å². The Bertz CT molecular complexity index is 361. The zero-order valence-corrected chi connectivity index (χ0v) is 10.5. The van der Waals surface area contributed by atoms with Crippen molar-refractivity contribution in [1.82, 2.24) is 0 Å². The predicted molar refractivity (Wildman–Crippen MR) is 62.3 cm³/mol. The van der Waals surface area contributed by atoms with Gasteiger partial charge in [-0.1, -0.05) is 15.9 Å². The van der Waals surface area contributed by atoms with Gasteiger partial charge in [0.05, 0.1) is 24.6 Å². The van der Waals surface area contributed by atoms with Crippen LogP contribution in [0.5, 0.6) is 11.5 Å². The smallest absolute Gasteiger partial charge is 0.180 e. The molecule has 4 heteroatoms. The monoisotopic (exact) mass is 272 g/mol. The summed E-state index contributed by atoms with van der Waals surface area (Å²) in [5, 5.41) is 0. The van der Waals surface area contributed by atoms with Crippen molar-refractivity contribution in [3.8, 4) is 11.5 Å². The van der Waals surface area contributed by atoms with Crippen LogP contribution in [0.3, 0.4) is 0 Å². The Balaban J connectivity index is 3.17. The Kier molecular flexibility index (Phi) is 4.15. The number of ketones is 1. The van der Waals surface area contributed by atoms with Gasteiger partial charge in [0.25, 0.3) is 0 Å². The van der Waals surface area contributed by atoms with E-state index in [1.54, 1.807) is 32.2 Å². The molecule has 0 spiro atoms. The lowest BCUT2D eigenvalue weighted by Gasteiger charge is -2.10. The summed E-state index contributed by atoms with van der Waals surface area (Å²) in [7, 11) is 3.10. The lowest BCUT2D eigenvalue weighted by Crippen LogP contribution is -2.11. The number of hydrogen-bond donors (Lipinski definition) is 0. The van der Waals surface area contributed by atoms with Crippen molar-refractivity contribution in [3.05, 3.63) is 23.8 Å². The van der Waals surface area contributed by atoms with Gasteiger partial charge in [0.15, 0.2) is 5.78 Å². The zero-order chi connectivity index (χ0) is 11.4. The van der Waals surface area contributed by atoms with Gasteiger partial charge >= 0.3 is 0 Å². The summed E-state index contributed by atoms with van der Waals surface area (Å²) < 4.78 is 10.2. The van der Waals surface area contributed by atoms with Gasteiger partial charge in [-0.05, 0) is 25.1 Å². The molecule has 1 atom stereocenters. The van der Waals surface area contributed by atoms with Crippen molar-refractivity contribution in [2.24, 2.45) is 0 Å². The van der Waals surface area contributed by atoms with Gasteiger partial charge in [-0.25, -0.2) is 0 Å².